The summed E-state index contributed by atoms with van der Waals surface area (Å²) in [7, 11) is 0. The Kier molecular flexibility index (Phi) is 3.99. The molecule has 1 amide bonds. The van der Waals surface area contributed by atoms with Gasteiger partial charge in [0.2, 0.25) is 12.7 Å². The Morgan fingerprint density at radius 1 is 1.04 bits per heavy atom. The van der Waals surface area contributed by atoms with Crippen LogP contribution in [-0.2, 0) is 11.2 Å². The minimum atomic E-state index is 0.0270. The van der Waals surface area contributed by atoms with E-state index in [4.69, 9.17) is 14.2 Å². The van der Waals surface area contributed by atoms with Gasteiger partial charge in [-0.25, -0.2) is 0 Å². The van der Waals surface area contributed by atoms with Gasteiger partial charge >= 0.3 is 0 Å². The van der Waals surface area contributed by atoms with Gasteiger partial charge in [-0.2, -0.15) is 0 Å². The maximum Gasteiger partial charge on any atom is 0.231 e. The molecule has 2 heterocycles. The molecule has 2 aliphatic heterocycles. The van der Waals surface area contributed by atoms with Crippen molar-refractivity contribution in [2.75, 3.05) is 13.4 Å². The van der Waals surface area contributed by atoms with E-state index in [0.717, 1.165) is 34.8 Å². The molecule has 124 valence electrons. The average Bonchev–Trinajstić information content (AvgIpc) is 3.08. The summed E-state index contributed by atoms with van der Waals surface area (Å²) in [6.45, 7) is 0.895. The van der Waals surface area contributed by atoms with Crippen molar-refractivity contribution in [3.63, 3.8) is 0 Å². The molecule has 2 aromatic carbocycles. The van der Waals surface area contributed by atoms with Crippen LogP contribution < -0.4 is 19.5 Å². The van der Waals surface area contributed by atoms with Crippen LogP contribution in [0.3, 0.4) is 0 Å². The number of aryl methyl sites for hydroxylation is 1. The summed E-state index contributed by atoms with van der Waals surface area (Å²) in [5.41, 5.74) is 2.13. The first-order valence-corrected chi connectivity index (χ1v) is 8.19. The number of benzene rings is 2. The van der Waals surface area contributed by atoms with Gasteiger partial charge < -0.3 is 19.5 Å². The molecule has 2 aliphatic rings. The number of carbonyl (C=O) groups excluding carboxylic acids is 1. The van der Waals surface area contributed by atoms with E-state index in [-0.39, 0.29) is 18.7 Å². The van der Waals surface area contributed by atoms with Gasteiger partial charge in [0, 0.05) is 18.4 Å². The molecule has 0 saturated heterocycles. The van der Waals surface area contributed by atoms with Gasteiger partial charge in [-0.1, -0.05) is 24.3 Å². The zero-order chi connectivity index (χ0) is 16.4. The second-order valence-electron chi connectivity index (χ2n) is 5.98. The highest BCUT2D eigenvalue weighted by Crippen LogP contribution is 2.33. The molecule has 0 radical (unpaired) electrons. The highest BCUT2D eigenvalue weighted by Gasteiger charge is 2.22. The summed E-state index contributed by atoms with van der Waals surface area (Å²) in [6.07, 6.45) is 1.92. The molecule has 0 unspecified atom stereocenters. The topological polar surface area (TPSA) is 56.8 Å². The number of rotatable bonds is 4. The molecular weight excluding hydrogens is 306 g/mol. The van der Waals surface area contributed by atoms with E-state index in [1.165, 1.54) is 0 Å². The highest BCUT2D eigenvalue weighted by molar-refractivity contribution is 5.77. The van der Waals surface area contributed by atoms with E-state index in [1.54, 1.807) is 0 Å². The van der Waals surface area contributed by atoms with Gasteiger partial charge in [0.15, 0.2) is 11.5 Å². The van der Waals surface area contributed by atoms with Crippen LogP contribution in [0.5, 0.6) is 17.2 Å². The monoisotopic (exact) mass is 325 g/mol. The van der Waals surface area contributed by atoms with Gasteiger partial charge in [-0.15, -0.1) is 0 Å². The smallest absolute Gasteiger partial charge is 0.231 e. The van der Waals surface area contributed by atoms with Crippen LogP contribution in [0.15, 0.2) is 42.5 Å². The summed E-state index contributed by atoms with van der Waals surface area (Å²) >= 11 is 0. The fourth-order valence-corrected chi connectivity index (χ4v) is 3.11. The predicted octanol–water partition coefficient (Wildman–Crippen LogP) is 2.99. The van der Waals surface area contributed by atoms with Gasteiger partial charge in [0.05, 0.1) is 12.6 Å². The summed E-state index contributed by atoms with van der Waals surface area (Å²) in [5, 5.41) is 3.12. The minimum absolute atomic E-state index is 0.0270. The van der Waals surface area contributed by atoms with E-state index in [2.05, 4.69) is 5.32 Å². The lowest BCUT2D eigenvalue weighted by Gasteiger charge is -2.26. The normalized spacial score (nSPS) is 17.8. The zero-order valence-electron chi connectivity index (χ0n) is 13.3. The Morgan fingerprint density at radius 3 is 2.88 bits per heavy atom. The Balaban J connectivity index is 1.36. The molecule has 0 bridgehead atoms. The number of carbonyl (C=O) groups is 1. The van der Waals surface area contributed by atoms with Crippen molar-refractivity contribution in [3.8, 4) is 17.2 Å². The molecule has 1 atom stereocenters. The van der Waals surface area contributed by atoms with E-state index < -0.39 is 0 Å². The number of fused-ring (bicyclic) bond motifs is 2. The number of hydrogen-bond donors (Lipinski definition) is 1. The molecule has 0 fully saturated rings. The van der Waals surface area contributed by atoms with Crippen LogP contribution in [-0.4, -0.2) is 19.3 Å². The minimum Gasteiger partial charge on any atom is -0.493 e. The molecule has 5 nitrogen and oxygen atoms in total. The van der Waals surface area contributed by atoms with E-state index >= 15 is 0 Å². The second kappa shape index (κ2) is 6.43. The summed E-state index contributed by atoms with van der Waals surface area (Å²) < 4.78 is 16.3. The molecule has 0 aromatic heterocycles. The van der Waals surface area contributed by atoms with E-state index in [0.29, 0.717) is 19.4 Å². The number of ether oxygens (including phenoxy) is 3. The fourth-order valence-electron chi connectivity index (χ4n) is 3.11. The van der Waals surface area contributed by atoms with Gasteiger partial charge in [0.1, 0.15) is 5.75 Å². The third-order valence-electron chi connectivity index (χ3n) is 4.37. The lowest BCUT2D eigenvalue weighted by Crippen LogP contribution is -2.32. The Labute approximate surface area is 140 Å². The van der Waals surface area contributed by atoms with Crippen molar-refractivity contribution in [2.24, 2.45) is 0 Å². The number of amides is 1. The number of nitrogens with one attached hydrogen (secondary N) is 1. The third-order valence-corrected chi connectivity index (χ3v) is 4.37. The molecule has 0 aliphatic carbocycles. The van der Waals surface area contributed by atoms with Gasteiger partial charge in [-0.3, -0.25) is 4.79 Å². The van der Waals surface area contributed by atoms with Crippen LogP contribution in [0.2, 0.25) is 0 Å². The second-order valence-corrected chi connectivity index (χ2v) is 5.98. The average molecular weight is 325 g/mol. The molecule has 0 saturated carbocycles. The Morgan fingerprint density at radius 2 is 1.92 bits per heavy atom. The molecular formula is C19H19NO4. The molecule has 1 N–H and O–H groups in total. The van der Waals surface area contributed by atoms with Crippen LogP contribution in [0.1, 0.15) is 30.0 Å². The highest BCUT2D eigenvalue weighted by atomic mass is 16.7. The summed E-state index contributed by atoms with van der Waals surface area (Å²) in [5.74, 6) is 2.44. The SMILES string of the molecule is O=C(CCc1ccc2c(c1)OCO2)N[C@H]1CCOc2ccccc21. The van der Waals surface area contributed by atoms with Crippen molar-refractivity contribution in [2.45, 2.75) is 25.3 Å². The van der Waals surface area contributed by atoms with Crippen LogP contribution in [0, 0.1) is 0 Å². The van der Waals surface area contributed by atoms with Crippen molar-refractivity contribution in [1.29, 1.82) is 0 Å². The van der Waals surface area contributed by atoms with E-state index in [1.807, 2.05) is 42.5 Å². The predicted molar refractivity (Wildman–Crippen MR) is 88.3 cm³/mol. The van der Waals surface area contributed by atoms with Crippen molar-refractivity contribution in [1.82, 2.24) is 5.32 Å². The first kappa shape index (κ1) is 14.9. The number of hydrogen-bond acceptors (Lipinski definition) is 4. The molecule has 0 spiro atoms. The van der Waals surface area contributed by atoms with Crippen molar-refractivity contribution in [3.05, 3.63) is 53.6 Å². The lowest BCUT2D eigenvalue weighted by molar-refractivity contribution is -0.122. The van der Waals surface area contributed by atoms with Crippen LogP contribution >= 0.6 is 0 Å². The Hall–Kier alpha value is -2.69. The van der Waals surface area contributed by atoms with Gasteiger partial charge in [-0.05, 0) is 30.2 Å². The molecule has 4 rings (SSSR count). The van der Waals surface area contributed by atoms with Crippen LogP contribution in [0.4, 0.5) is 0 Å². The standard InChI is InChI=1S/C19H19NO4/c21-19(8-6-13-5-7-17-18(11-13)24-12-23-17)20-15-9-10-22-16-4-2-1-3-14(15)16/h1-5,7,11,15H,6,8-10,12H2,(H,20,21)/t15-/m0/s1. The first-order valence-electron chi connectivity index (χ1n) is 8.19. The fraction of sp³-hybridized carbons (Fsp3) is 0.316. The molecule has 5 heteroatoms. The maximum absolute atomic E-state index is 12.3. The van der Waals surface area contributed by atoms with E-state index in [9.17, 15) is 4.79 Å². The summed E-state index contributed by atoms with van der Waals surface area (Å²) in [6, 6.07) is 13.7. The zero-order valence-corrected chi connectivity index (χ0v) is 13.3. The first-order chi connectivity index (χ1) is 11.8. The Bertz CT molecular complexity index is 759. The third kappa shape index (κ3) is 3.02. The lowest BCUT2D eigenvalue weighted by atomic mass is 10.00. The molecule has 24 heavy (non-hydrogen) atoms. The maximum atomic E-state index is 12.3. The quantitative estimate of drug-likeness (QED) is 0.939. The van der Waals surface area contributed by atoms with Crippen molar-refractivity contribution >= 4 is 5.91 Å². The largest absolute Gasteiger partial charge is 0.493 e. The molecule has 2 aromatic rings. The van der Waals surface area contributed by atoms with Crippen LogP contribution in [0.25, 0.3) is 0 Å². The van der Waals surface area contributed by atoms with Crippen molar-refractivity contribution < 1.29 is 19.0 Å². The summed E-state index contributed by atoms with van der Waals surface area (Å²) in [4.78, 5) is 12.3. The van der Waals surface area contributed by atoms with Gasteiger partial charge in [0.25, 0.3) is 0 Å². The number of para-hydroxylation sites is 1.